The number of amides is 1. The molecular weight excluding hydrogens is 685 g/mol. The molecule has 3 aromatic carbocycles. The summed E-state index contributed by atoms with van der Waals surface area (Å²) in [6.07, 6.45) is -0.303. The van der Waals surface area contributed by atoms with Gasteiger partial charge < -0.3 is 20.2 Å². The van der Waals surface area contributed by atoms with E-state index in [0.717, 1.165) is 61.3 Å². The minimum atomic E-state index is -5.80. The largest absolute Gasteiger partial charge is 0.493 e. The van der Waals surface area contributed by atoms with E-state index in [1.165, 1.54) is 24.3 Å². The molecule has 15 heteroatoms. The second kappa shape index (κ2) is 15.4. The number of piperidine rings is 1. The van der Waals surface area contributed by atoms with Gasteiger partial charge >= 0.3 is 18.1 Å². The molecule has 3 aromatic rings. The van der Waals surface area contributed by atoms with Gasteiger partial charge in [0.2, 0.25) is 6.04 Å². The predicted molar refractivity (Wildman–Crippen MR) is 173 cm³/mol. The van der Waals surface area contributed by atoms with Gasteiger partial charge in [0.15, 0.2) is 0 Å². The number of hydroxylamine groups is 1. The quantitative estimate of drug-likeness (QED) is 0.179. The third kappa shape index (κ3) is 8.61. The lowest BCUT2D eigenvalue weighted by Crippen LogP contribution is -2.60. The van der Waals surface area contributed by atoms with Crippen LogP contribution in [0.3, 0.4) is 0 Å². The number of nitrogens with zero attached hydrogens (tertiary/aromatic N) is 2. The summed E-state index contributed by atoms with van der Waals surface area (Å²) in [5.41, 5.74) is 6.16. The van der Waals surface area contributed by atoms with E-state index in [2.05, 4.69) is 4.84 Å². The van der Waals surface area contributed by atoms with Crippen molar-refractivity contribution in [3.8, 4) is 16.9 Å². The summed E-state index contributed by atoms with van der Waals surface area (Å²) in [6, 6.07) is 13.7. The van der Waals surface area contributed by atoms with Gasteiger partial charge in [0.1, 0.15) is 5.75 Å². The highest BCUT2D eigenvalue weighted by atomic mass is 32.2. The van der Waals surface area contributed by atoms with Crippen LogP contribution >= 0.6 is 0 Å². The van der Waals surface area contributed by atoms with E-state index in [0.29, 0.717) is 23.7 Å². The Kier molecular flexibility index (Phi) is 11.5. The van der Waals surface area contributed by atoms with Crippen LogP contribution in [0.5, 0.6) is 5.75 Å². The van der Waals surface area contributed by atoms with Crippen molar-refractivity contribution in [3.63, 3.8) is 0 Å². The van der Waals surface area contributed by atoms with Crippen LogP contribution in [0.15, 0.2) is 83.8 Å². The standard InChI is InChI=1S/C35H38F5N3O6S/c36-34(37,27-13-11-26(12-14-27)25-9-5-2-6-10-25)31(32(44)42-21-19-28(41)20-22-42)43(49-33(45)35(38,39)40)50(46,47)30-17-15-29(16-18-30)48-23-24-7-3-1-4-8-24/h2,5-6,9-18,24,28,31H,1,3-4,7-8,19-23,41H2/t31-/m0/s1. The smallest absolute Gasteiger partial charge is 0.492 e. The second-order valence-corrected chi connectivity index (χ2v) is 14.3. The molecule has 1 atom stereocenters. The van der Waals surface area contributed by atoms with E-state index in [1.54, 1.807) is 30.3 Å². The molecule has 50 heavy (non-hydrogen) atoms. The van der Waals surface area contributed by atoms with E-state index in [4.69, 9.17) is 10.5 Å². The highest BCUT2D eigenvalue weighted by Crippen LogP contribution is 2.40. The number of nitrogens with two attached hydrogens (primary N) is 1. The fraction of sp³-hybridized carbons (Fsp3) is 0.429. The van der Waals surface area contributed by atoms with Crippen LogP contribution in [-0.2, 0) is 30.4 Å². The zero-order valence-electron chi connectivity index (χ0n) is 27.0. The molecule has 9 nitrogen and oxygen atoms in total. The SMILES string of the molecule is NC1CCN(C(=O)[C@H](N(OC(=O)C(F)(F)F)S(=O)(=O)c2ccc(OCC3CCCCC3)cc2)C(F)(F)c2ccc(-c3ccccc3)cc2)CC1. The molecule has 0 aromatic heterocycles. The maximum Gasteiger partial charge on any atom is 0.492 e. The highest BCUT2D eigenvalue weighted by Gasteiger charge is 2.58. The third-order valence-corrected chi connectivity index (χ3v) is 10.6. The molecule has 5 rings (SSSR count). The average Bonchev–Trinajstić information content (AvgIpc) is 3.11. The van der Waals surface area contributed by atoms with Crippen molar-refractivity contribution in [1.29, 1.82) is 0 Å². The van der Waals surface area contributed by atoms with Crippen LogP contribution in [0.4, 0.5) is 22.0 Å². The van der Waals surface area contributed by atoms with Crippen LogP contribution in [0, 0.1) is 5.92 Å². The number of likely N-dealkylation sites (tertiary alicyclic amines) is 1. The molecular formula is C35H38F5N3O6S. The minimum Gasteiger partial charge on any atom is -0.493 e. The van der Waals surface area contributed by atoms with Gasteiger partial charge in [-0.1, -0.05) is 73.9 Å². The molecule has 0 spiro atoms. The van der Waals surface area contributed by atoms with Crippen molar-refractivity contribution in [2.45, 2.75) is 74.0 Å². The fourth-order valence-corrected chi connectivity index (χ4v) is 7.45. The van der Waals surface area contributed by atoms with Gasteiger partial charge in [-0.2, -0.15) is 22.0 Å². The first-order valence-corrected chi connectivity index (χ1v) is 17.8. The molecule has 1 amide bonds. The Balaban J connectivity index is 1.54. The first-order valence-electron chi connectivity index (χ1n) is 16.3. The van der Waals surface area contributed by atoms with Crippen molar-refractivity contribution in [1.82, 2.24) is 9.37 Å². The first kappa shape index (κ1) is 37.2. The number of rotatable bonds is 11. The van der Waals surface area contributed by atoms with Crippen LogP contribution in [0.25, 0.3) is 11.1 Å². The molecule has 0 unspecified atom stereocenters. The number of ether oxygens (including phenoxy) is 1. The molecule has 2 fully saturated rings. The summed E-state index contributed by atoms with van der Waals surface area (Å²) in [6.45, 7) is -0.0198. The van der Waals surface area contributed by atoms with Crippen molar-refractivity contribution in [3.05, 3.63) is 84.4 Å². The van der Waals surface area contributed by atoms with E-state index in [-0.39, 0.29) is 37.7 Å². The van der Waals surface area contributed by atoms with Crippen LogP contribution < -0.4 is 10.5 Å². The Morgan fingerprint density at radius 1 is 0.820 bits per heavy atom. The molecule has 2 aliphatic rings. The van der Waals surface area contributed by atoms with Crippen LogP contribution in [0.1, 0.15) is 50.5 Å². The van der Waals surface area contributed by atoms with Gasteiger partial charge in [0.25, 0.3) is 15.9 Å². The Morgan fingerprint density at radius 2 is 1.40 bits per heavy atom. The fourth-order valence-electron chi connectivity index (χ4n) is 6.10. The average molecular weight is 724 g/mol. The van der Waals surface area contributed by atoms with E-state index < -0.39 is 55.0 Å². The highest BCUT2D eigenvalue weighted by molar-refractivity contribution is 7.89. The number of benzene rings is 3. The van der Waals surface area contributed by atoms with E-state index in [1.807, 2.05) is 0 Å². The summed E-state index contributed by atoms with van der Waals surface area (Å²) in [5.74, 6) is -8.67. The van der Waals surface area contributed by atoms with Gasteiger partial charge in [-0.15, -0.1) is 0 Å². The molecule has 2 N–H and O–H groups in total. The minimum absolute atomic E-state index is 0.160. The van der Waals surface area contributed by atoms with Gasteiger partial charge in [-0.25, -0.2) is 13.2 Å². The summed E-state index contributed by atoms with van der Waals surface area (Å²) in [5, 5.41) is 0. The van der Waals surface area contributed by atoms with E-state index in [9.17, 15) is 31.2 Å². The Hall–Kier alpha value is -4.08. The summed E-state index contributed by atoms with van der Waals surface area (Å²) >= 11 is 0. The molecule has 270 valence electrons. The molecule has 1 heterocycles. The predicted octanol–water partition coefficient (Wildman–Crippen LogP) is 6.43. The van der Waals surface area contributed by atoms with Crippen molar-refractivity contribution >= 4 is 21.9 Å². The number of hydrogen-bond donors (Lipinski definition) is 1. The first-order chi connectivity index (χ1) is 23.7. The van der Waals surface area contributed by atoms with Crippen molar-refractivity contribution < 1.29 is 49.5 Å². The summed E-state index contributed by atoms with van der Waals surface area (Å²) in [4.78, 5) is 30.5. The molecule has 0 bridgehead atoms. The number of carbonyl (C=O) groups is 2. The third-order valence-electron chi connectivity index (χ3n) is 8.99. The lowest BCUT2D eigenvalue weighted by Gasteiger charge is -2.38. The van der Waals surface area contributed by atoms with Crippen molar-refractivity contribution in [2.24, 2.45) is 11.7 Å². The summed E-state index contributed by atoms with van der Waals surface area (Å²) in [7, 11) is -5.56. The number of alkyl halides is 5. The second-order valence-electron chi connectivity index (χ2n) is 12.6. The lowest BCUT2D eigenvalue weighted by molar-refractivity contribution is -0.239. The van der Waals surface area contributed by atoms with Gasteiger partial charge in [0.05, 0.1) is 11.5 Å². The monoisotopic (exact) mass is 723 g/mol. The maximum atomic E-state index is 16.8. The topological polar surface area (TPSA) is 119 Å². The zero-order chi connectivity index (χ0) is 36.1. The number of sulfonamides is 1. The summed E-state index contributed by atoms with van der Waals surface area (Å²) < 4.78 is 107. The molecule has 1 saturated carbocycles. The maximum absolute atomic E-state index is 16.8. The Morgan fingerprint density at radius 3 is 1.98 bits per heavy atom. The molecule has 1 aliphatic carbocycles. The lowest BCUT2D eigenvalue weighted by atomic mass is 9.90. The number of carbonyl (C=O) groups excluding carboxylic acids is 2. The molecule has 0 radical (unpaired) electrons. The van der Waals surface area contributed by atoms with Crippen LogP contribution in [-0.4, -0.2) is 67.6 Å². The van der Waals surface area contributed by atoms with Crippen LogP contribution in [0.2, 0.25) is 0 Å². The molecule has 1 saturated heterocycles. The Bertz CT molecular complexity index is 1710. The molecule has 1 aliphatic heterocycles. The zero-order valence-corrected chi connectivity index (χ0v) is 27.8. The number of hydrogen-bond acceptors (Lipinski definition) is 7. The van der Waals surface area contributed by atoms with Gasteiger partial charge in [0, 0.05) is 24.7 Å². The Labute approximate surface area is 287 Å². The van der Waals surface area contributed by atoms with E-state index >= 15 is 8.78 Å². The van der Waals surface area contributed by atoms with Crippen molar-refractivity contribution in [2.75, 3.05) is 19.7 Å². The number of halogens is 5. The van der Waals surface area contributed by atoms with Gasteiger partial charge in [-0.3, -0.25) is 4.79 Å². The normalized spacial score (nSPS) is 17.4. The van der Waals surface area contributed by atoms with Gasteiger partial charge in [-0.05, 0) is 71.5 Å².